The minimum Gasteiger partial charge on any atom is -0.324 e. The van der Waals surface area contributed by atoms with Crippen molar-refractivity contribution >= 4 is 15.9 Å². The number of nitrogens with zero attached hydrogens (tertiary/aromatic N) is 1. The van der Waals surface area contributed by atoms with E-state index in [0.29, 0.717) is 12.0 Å². The van der Waals surface area contributed by atoms with E-state index in [1.54, 1.807) is 12.3 Å². The molecule has 0 bridgehead atoms. The summed E-state index contributed by atoms with van der Waals surface area (Å²) in [5.41, 5.74) is 9.00. The third kappa shape index (κ3) is 3.39. The monoisotopic (exact) mass is 322 g/mol. The summed E-state index contributed by atoms with van der Waals surface area (Å²) in [4.78, 5) is 4.10. The average Bonchev–Trinajstić information content (AvgIpc) is 2.41. The zero-order chi connectivity index (χ0) is 13.8. The fourth-order valence-electron chi connectivity index (χ4n) is 2.13. The number of aryl methyl sites for hydroxylation is 1. The maximum absolute atomic E-state index is 13.8. The molecule has 0 fully saturated rings. The lowest BCUT2D eigenvalue weighted by Crippen LogP contribution is -2.16. The molecule has 0 aliphatic heterocycles. The van der Waals surface area contributed by atoms with E-state index < -0.39 is 0 Å². The van der Waals surface area contributed by atoms with Crippen molar-refractivity contribution in [2.24, 2.45) is 5.73 Å². The van der Waals surface area contributed by atoms with Gasteiger partial charge in [-0.05, 0) is 47.7 Å². The Kier molecular flexibility index (Phi) is 4.66. The van der Waals surface area contributed by atoms with E-state index in [1.165, 1.54) is 6.07 Å². The van der Waals surface area contributed by atoms with E-state index in [9.17, 15) is 4.39 Å². The average molecular weight is 323 g/mol. The summed E-state index contributed by atoms with van der Waals surface area (Å²) in [5.74, 6) is -0.225. The fourth-order valence-corrected chi connectivity index (χ4v) is 2.46. The van der Waals surface area contributed by atoms with Crippen LogP contribution >= 0.6 is 15.9 Å². The van der Waals surface area contributed by atoms with Gasteiger partial charge in [-0.3, -0.25) is 4.98 Å². The van der Waals surface area contributed by atoms with Crippen LogP contribution in [0.4, 0.5) is 4.39 Å². The van der Waals surface area contributed by atoms with Crippen LogP contribution in [0.2, 0.25) is 0 Å². The van der Waals surface area contributed by atoms with E-state index in [4.69, 9.17) is 5.73 Å². The highest BCUT2D eigenvalue weighted by Gasteiger charge is 2.13. The van der Waals surface area contributed by atoms with Crippen molar-refractivity contribution < 1.29 is 4.39 Å². The highest BCUT2D eigenvalue weighted by atomic mass is 79.9. The molecule has 19 heavy (non-hydrogen) atoms. The molecule has 100 valence electrons. The standard InChI is InChI=1S/C15H16BrFN2/c1-2-10-9-19-6-5-13(10)15(18)7-11-3-4-12(16)8-14(11)17/h3-6,8-9,15H,2,7,18H2,1H3. The van der Waals surface area contributed by atoms with Gasteiger partial charge in [0.15, 0.2) is 0 Å². The Morgan fingerprint density at radius 2 is 2.11 bits per heavy atom. The largest absolute Gasteiger partial charge is 0.324 e. The van der Waals surface area contributed by atoms with Crippen molar-refractivity contribution in [2.75, 3.05) is 0 Å². The zero-order valence-electron chi connectivity index (χ0n) is 10.7. The van der Waals surface area contributed by atoms with Crippen molar-refractivity contribution in [3.05, 3.63) is 63.6 Å². The Hall–Kier alpha value is -1.26. The second-order valence-electron chi connectivity index (χ2n) is 4.47. The van der Waals surface area contributed by atoms with Crippen LogP contribution in [0, 0.1) is 5.82 Å². The molecule has 0 radical (unpaired) electrons. The molecule has 2 N–H and O–H groups in total. The minimum atomic E-state index is -0.225. The molecule has 0 aliphatic rings. The predicted octanol–water partition coefficient (Wildman–Crippen LogP) is 3.79. The highest BCUT2D eigenvalue weighted by molar-refractivity contribution is 9.10. The van der Waals surface area contributed by atoms with E-state index in [0.717, 1.165) is 22.0 Å². The molecule has 0 saturated carbocycles. The molecule has 1 heterocycles. The lowest BCUT2D eigenvalue weighted by molar-refractivity contribution is 0.591. The van der Waals surface area contributed by atoms with Crippen molar-refractivity contribution in [1.29, 1.82) is 0 Å². The topological polar surface area (TPSA) is 38.9 Å². The van der Waals surface area contributed by atoms with E-state index >= 15 is 0 Å². The predicted molar refractivity (Wildman–Crippen MR) is 78.3 cm³/mol. The van der Waals surface area contributed by atoms with Gasteiger partial charge in [0.1, 0.15) is 5.82 Å². The molecule has 2 aromatic rings. The molecule has 1 aromatic carbocycles. The first kappa shape index (κ1) is 14.2. The molecular weight excluding hydrogens is 307 g/mol. The molecule has 1 unspecified atom stereocenters. The van der Waals surface area contributed by atoms with E-state index in [1.807, 2.05) is 18.3 Å². The number of pyridine rings is 1. The van der Waals surface area contributed by atoms with Gasteiger partial charge in [-0.2, -0.15) is 0 Å². The summed E-state index contributed by atoms with van der Waals surface area (Å²) in [6, 6.07) is 6.77. The summed E-state index contributed by atoms with van der Waals surface area (Å²) in [6.07, 6.45) is 4.91. The second-order valence-corrected chi connectivity index (χ2v) is 5.39. The van der Waals surface area contributed by atoms with Crippen molar-refractivity contribution in [2.45, 2.75) is 25.8 Å². The molecular formula is C15H16BrFN2. The van der Waals surface area contributed by atoms with E-state index in [2.05, 4.69) is 27.8 Å². The van der Waals surface area contributed by atoms with Crippen LogP contribution in [0.25, 0.3) is 0 Å². The zero-order valence-corrected chi connectivity index (χ0v) is 12.3. The summed E-state index contributed by atoms with van der Waals surface area (Å²) < 4.78 is 14.5. The Morgan fingerprint density at radius 1 is 1.32 bits per heavy atom. The van der Waals surface area contributed by atoms with E-state index in [-0.39, 0.29) is 11.9 Å². The number of aromatic nitrogens is 1. The van der Waals surface area contributed by atoms with Crippen LogP contribution in [0.3, 0.4) is 0 Å². The van der Waals surface area contributed by atoms with Gasteiger partial charge in [-0.25, -0.2) is 4.39 Å². The van der Waals surface area contributed by atoms with Gasteiger partial charge in [0.25, 0.3) is 0 Å². The SMILES string of the molecule is CCc1cnccc1C(N)Cc1ccc(Br)cc1F. The van der Waals surface area contributed by atoms with Crippen LogP contribution in [0.15, 0.2) is 41.1 Å². The van der Waals surface area contributed by atoms with Crippen LogP contribution in [0.5, 0.6) is 0 Å². The number of benzene rings is 1. The van der Waals surface area contributed by atoms with Crippen LogP contribution in [-0.2, 0) is 12.8 Å². The summed E-state index contributed by atoms with van der Waals surface area (Å²) in [7, 11) is 0. The van der Waals surface area contributed by atoms with Gasteiger partial charge in [0, 0.05) is 22.9 Å². The molecule has 0 amide bonds. The van der Waals surface area contributed by atoms with Crippen LogP contribution in [0.1, 0.15) is 29.7 Å². The molecule has 2 rings (SSSR count). The fraction of sp³-hybridized carbons (Fsp3) is 0.267. The molecule has 0 spiro atoms. The molecule has 1 aromatic heterocycles. The Balaban J connectivity index is 2.23. The maximum atomic E-state index is 13.8. The first-order chi connectivity index (χ1) is 9.11. The van der Waals surface area contributed by atoms with Crippen molar-refractivity contribution in [3.8, 4) is 0 Å². The first-order valence-electron chi connectivity index (χ1n) is 6.24. The van der Waals surface area contributed by atoms with Crippen LogP contribution < -0.4 is 5.73 Å². The molecule has 1 atom stereocenters. The summed E-state index contributed by atoms with van der Waals surface area (Å²) in [6.45, 7) is 2.06. The lowest BCUT2D eigenvalue weighted by atomic mass is 9.96. The van der Waals surface area contributed by atoms with Gasteiger partial charge in [-0.15, -0.1) is 0 Å². The maximum Gasteiger partial charge on any atom is 0.127 e. The quantitative estimate of drug-likeness (QED) is 0.930. The first-order valence-corrected chi connectivity index (χ1v) is 7.03. The second kappa shape index (κ2) is 6.26. The third-order valence-corrected chi connectivity index (χ3v) is 3.67. The Labute approximate surface area is 121 Å². The number of nitrogens with two attached hydrogens (primary N) is 1. The van der Waals surface area contributed by atoms with Gasteiger partial charge in [-0.1, -0.05) is 28.9 Å². The van der Waals surface area contributed by atoms with Crippen LogP contribution in [-0.4, -0.2) is 4.98 Å². The van der Waals surface area contributed by atoms with Gasteiger partial charge >= 0.3 is 0 Å². The summed E-state index contributed by atoms with van der Waals surface area (Å²) in [5, 5.41) is 0. The Bertz CT molecular complexity index is 572. The van der Waals surface area contributed by atoms with Gasteiger partial charge < -0.3 is 5.73 Å². The number of halogens is 2. The normalized spacial score (nSPS) is 12.4. The minimum absolute atomic E-state index is 0.214. The number of hydrogen-bond acceptors (Lipinski definition) is 2. The summed E-state index contributed by atoms with van der Waals surface area (Å²) >= 11 is 3.25. The molecule has 0 aliphatic carbocycles. The van der Waals surface area contributed by atoms with Crippen molar-refractivity contribution in [3.63, 3.8) is 0 Å². The highest BCUT2D eigenvalue weighted by Crippen LogP contribution is 2.23. The molecule has 4 heteroatoms. The van der Waals surface area contributed by atoms with Gasteiger partial charge in [0.2, 0.25) is 0 Å². The third-order valence-electron chi connectivity index (χ3n) is 3.18. The lowest BCUT2D eigenvalue weighted by Gasteiger charge is -2.16. The van der Waals surface area contributed by atoms with Crippen molar-refractivity contribution in [1.82, 2.24) is 4.98 Å². The molecule has 0 saturated heterocycles. The Morgan fingerprint density at radius 3 is 2.79 bits per heavy atom. The molecule has 2 nitrogen and oxygen atoms in total. The van der Waals surface area contributed by atoms with Gasteiger partial charge in [0.05, 0.1) is 0 Å². The smallest absolute Gasteiger partial charge is 0.127 e. The number of rotatable bonds is 4. The number of hydrogen-bond donors (Lipinski definition) is 1.